The zero-order valence-corrected chi connectivity index (χ0v) is 18.8. The van der Waals surface area contributed by atoms with Crippen LogP contribution in [-0.4, -0.2) is 41.5 Å². The average molecular weight is 434 g/mol. The Morgan fingerprint density at radius 2 is 2.03 bits per heavy atom. The lowest BCUT2D eigenvalue weighted by molar-refractivity contribution is 0.188. The first kappa shape index (κ1) is 23.2. The lowest BCUT2D eigenvalue weighted by Crippen LogP contribution is -2.51. The van der Waals surface area contributed by atoms with Crippen LogP contribution in [0.25, 0.3) is 0 Å². The summed E-state index contributed by atoms with van der Waals surface area (Å²) >= 11 is 0. The molecule has 0 aliphatic carbocycles. The average Bonchev–Trinajstić information content (AvgIpc) is 3.19. The van der Waals surface area contributed by atoms with Gasteiger partial charge in [0.05, 0.1) is 6.20 Å². The van der Waals surface area contributed by atoms with Crippen LogP contribution >= 0.6 is 0 Å². The second-order valence-corrected chi connectivity index (χ2v) is 8.98. The van der Waals surface area contributed by atoms with Gasteiger partial charge < -0.3 is 15.1 Å². The van der Waals surface area contributed by atoms with Crippen molar-refractivity contribution in [2.45, 2.75) is 65.1 Å². The third-order valence-electron chi connectivity index (χ3n) is 5.30. The summed E-state index contributed by atoms with van der Waals surface area (Å²) in [5.41, 5.74) is 0.0308. The monoisotopic (exact) mass is 433 g/mol. The molecule has 1 atom stereocenters. The van der Waals surface area contributed by atoms with Gasteiger partial charge in [0.25, 0.3) is 0 Å². The maximum Gasteiger partial charge on any atom is 0.216 e. The van der Waals surface area contributed by atoms with Crippen LogP contribution in [0.4, 0.5) is 8.78 Å². The number of rotatable bonds is 6. The van der Waals surface area contributed by atoms with Crippen molar-refractivity contribution in [2.24, 2.45) is 4.99 Å². The molecule has 6 nitrogen and oxygen atoms in total. The van der Waals surface area contributed by atoms with Crippen LogP contribution in [0, 0.1) is 11.6 Å². The van der Waals surface area contributed by atoms with Crippen LogP contribution in [0.2, 0.25) is 0 Å². The van der Waals surface area contributed by atoms with E-state index in [0.29, 0.717) is 24.9 Å². The fraction of sp³-hybridized carbons (Fsp3) is 0.565. The quantitative estimate of drug-likeness (QED) is 0.533. The molecule has 1 aromatic heterocycles. The number of aromatic nitrogens is 1. The molecular formula is C23H33F2N5O. The van der Waals surface area contributed by atoms with Crippen LogP contribution in [0.3, 0.4) is 0 Å². The van der Waals surface area contributed by atoms with E-state index in [1.807, 2.05) is 6.92 Å². The molecule has 0 amide bonds. The van der Waals surface area contributed by atoms with E-state index in [1.165, 1.54) is 18.2 Å². The molecule has 1 aromatic carbocycles. The van der Waals surface area contributed by atoms with Gasteiger partial charge in [-0.05, 0) is 38.4 Å². The fourth-order valence-electron chi connectivity index (χ4n) is 3.61. The molecule has 1 fully saturated rings. The van der Waals surface area contributed by atoms with E-state index < -0.39 is 11.6 Å². The predicted molar refractivity (Wildman–Crippen MR) is 118 cm³/mol. The van der Waals surface area contributed by atoms with Gasteiger partial charge in [0, 0.05) is 36.7 Å². The molecule has 1 unspecified atom stereocenters. The van der Waals surface area contributed by atoms with Crippen molar-refractivity contribution in [1.82, 2.24) is 20.5 Å². The van der Waals surface area contributed by atoms with E-state index in [-0.39, 0.29) is 23.6 Å². The minimum absolute atomic E-state index is 0.0963. The zero-order chi connectivity index (χ0) is 22.4. The van der Waals surface area contributed by atoms with Gasteiger partial charge in [0.1, 0.15) is 23.9 Å². The summed E-state index contributed by atoms with van der Waals surface area (Å²) in [7, 11) is 0. The highest BCUT2D eigenvalue weighted by Crippen LogP contribution is 2.23. The highest BCUT2D eigenvalue weighted by molar-refractivity contribution is 5.80. The summed E-state index contributed by atoms with van der Waals surface area (Å²) in [5.74, 6) is 1.10. The third-order valence-corrected chi connectivity index (χ3v) is 5.30. The van der Waals surface area contributed by atoms with Gasteiger partial charge in [-0.2, -0.15) is 0 Å². The molecule has 170 valence electrons. The number of hydrogen-bond donors (Lipinski definition) is 2. The summed E-state index contributed by atoms with van der Waals surface area (Å²) in [6, 6.07) is 4.14. The highest BCUT2D eigenvalue weighted by atomic mass is 19.1. The highest BCUT2D eigenvalue weighted by Gasteiger charge is 2.23. The molecule has 3 rings (SSSR count). The maximum atomic E-state index is 14.0. The number of piperidine rings is 1. The van der Waals surface area contributed by atoms with E-state index in [1.54, 1.807) is 6.20 Å². The van der Waals surface area contributed by atoms with E-state index in [4.69, 9.17) is 4.42 Å². The topological polar surface area (TPSA) is 65.7 Å². The van der Waals surface area contributed by atoms with Gasteiger partial charge in [0.15, 0.2) is 5.96 Å². The first-order valence-electron chi connectivity index (χ1n) is 10.9. The Balaban J connectivity index is 1.61. The zero-order valence-electron chi connectivity index (χ0n) is 18.8. The lowest BCUT2D eigenvalue weighted by atomic mass is 9.94. The lowest BCUT2D eigenvalue weighted by Gasteiger charge is -2.34. The number of aliphatic imine (C=N–C) groups is 1. The Bertz CT molecular complexity index is 870. The van der Waals surface area contributed by atoms with Crippen LogP contribution in [0.5, 0.6) is 0 Å². The van der Waals surface area contributed by atoms with Gasteiger partial charge in [-0.1, -0.05) is 26.8 Å². The van der Waals surface area contributed by atoms with Crippen molar-refractivity contribution >= 4 is 5.96 Å². The second-order valence-electron chi connectivity index (χ2n) is 8.98. The van der Waals surface area contributed by atoms with Crippen molar-refractivity contribution in [2.75, 3.05) is 19.6 Å². The van der Waals surface area contributed by atoms with E-state index in [9.17, 15) is 8.78 Å². The summed E-state index contributed by atoms with van der Waals surface area (Å²) < 4.78 is 33.9. The standard InChI is InChI=1S/C23H33F2N5O/c1-5-26-22(28-13-21-27-12-20(31-21)23(2,3)4)29-16-8-7-11-30(14-16)15-17-18(24)9-6-10-19(17)25/h6,9-10,12,16H,5,7-8,11,13-15H2,1-4H3,(H2,26,28,29). The van der Waals surface area contributed by atoms with E-state index in [2.05, 4.69) is 46.3 Å². The Morgan fingerprint density at radius 3 is 2.68 bits per heavy atom. The molecule has 0 bridgehead atoms. The Hall–Kier alpha value is -2.48. The van der Waals surface area contributed by atoms with E-state index in [0.717, 1.165) is 31.7 Å². The summed E-state index contributed by atoms with van der Waals surface area (Å²) in [4.78, 5) is 11.0. The van der Waals surface area contributed by atoms with Gasteiger partial charge >= 0.3 is 0 Å². The Labute approximate surface area is 183 Å². The molecule has 8 heteroatoms. The molecule has 1 aliphatic heterocycles. The first-order valence-corrected chi connectivity index (χ1v) is 10.9. The smallest absolute Gasteiger partial charge is 0.216 e. The van der Waals surface area contributed by atoms with Gasteiger partial charge in [-0.3, -0.25) is 4.90 Å². The third kappa shape index (κ3) is 6.50. The number of likely N-dealkylation sites (tertiary alicyclic amines) is 1. The van der Waals surface area contributed by atoms with Crippen LogP contribution in [-0.2, 0) is 18.5 Å². The number of hydrogen-bond acceptors (Lipinski definition) is 4. The molecule has 1 aliphatic rings. The number of halogens is 2. The number of nitrogens with one attached hydrogen (secondary N) is 2. The summed E-state index contributed by atoms with van der Waals surface area (Å²) in [5, 5.41) is 6.70. The predicted octanol–water partition coefficient (Wildman–Crippen LogP) is 3.97. The molecule has 2 aromatic rings. The number of guanidine groups is 1. The van der Waals surface area contributed by atoms with Crippen molar-refractivity contribution in [1.29, 1.82) is 0 Å². The minimum Gasteiger partial charge on any atom is -0.443 e. The summed E-state index contributed by atoms with van der Waals surface area (Å²) in [6.45, 7) is 11.1. The van der Waals surface area contributed by atoms with Crippen LogP contribution in [0.1, 0.15) is 57.8 Å². The Morgan fingerprint density at radius 1 is 1.29 bits per heavy atom. The number of nitrogens with zero attached hydrogens (tertiary/aromatic N) is 3. The normalized spacial score (nSPS) is 18.3. The van der Waals surface area contributed by atoms with Crippen LogP contribution in [0.15, 0.2) is 33.8 Å². The number of benzene rings is 1. The molecule has 0 spiro atoms. The van der Waals surface area contributed by atoms with Crippen molar-refractivity contribution in [3.8, 4) is 0 Å². The molecule has 0 saturated carbocycles. The maximum absolute atomic E-state index is 14.0. The molecule has 0 radical (unpaired) electrons. The largest absolute Gasteiger partial charge is 0.443 e. The van der Waals surface area contributed by atoms with E-state index >= 15 is 0 Å². The van der Waals surface area contributed by atoms with Crippen molar-refractivity contribution < 1.29 is 13.2 Å². The first-order chi connectivity index (χ1) is 14.8. The van der Waals surface area contributed by atoms with Crippen LogP contribution < -0.4 is 10.6 Å². The van der Waals surface area contributed by atoms with Crippen molar-refractivity contribution in [3.05, 3.63) is 53.2 Å². The minimum atomic E-state index is -0.495. The van der Waals surface area contributed by atoms with Gasteiger partial charge in [0.2, 0.25) is 5.89 Å². The fourth-order valence-corrected chi connectivity index (χ4v) is 3.61. The molecule has 2 N–H and O–H groups in total. The molecule has 2 heterocycles. The van der Waals surface area contributed by atoms with Crippen molar-refractivity contribution in [3.63, 3.8) is 0 Å². The SMILES string of the molecule is CCNC(=NCc1ncc(C(C)(C)C)o1)NC1CCCN(Cc2c(F)cccc2F)C1. The van der Waals surface area contributed by atoms with Gasteiger partial charge in [-0.15, -0.1) is 0 Å². The molecule has 1 saturated heterocycles. The second kappa shape index (κ2) is 10.2. The van der Waals surface area contributed by atoms with Gasteiger partial charge in [-0.25, -0.2) is 18.8 Å². The molecular weight excluding hydrogens is 400 g/mol. The summed E-state index contributed by atoms with van der Waals surface area (Å²) in [6.07, 6.45) is 3.67. The molecule has 31 heavy (non-hydrogen) atoms. The number of oxazole rings is 1. The Kier molecular flexibility index (Phi) is 7.64.